The molecule has 2 aromatic carbocycles. The van der Waals surface area contributed by atoms with Crippen molar-refractivity contribution >= 4 is 5.69 Å². The van der Waals surface area contributed by atoms with E-state index in [2.05, 4.69) is 6.92 Å². The second kappa shape index (κ2) is 6.14. The summed E-state index contributed by atoms with van der Waals surface area (Å²) in [5, 5.41) is 10.5. The fourth-order valence-corrected chi connectivity index (χ4v) is 1.76. The maximum atomic E-state index is 13.4. The number of nitro benzene ring substituents is 1. The van der Waals surface area contributed by atoms with Crippen LogP contribution in [-0.2, 0) is 13.0 Å². The van der Waals surface area contributed by atoms with E-state index in [0.29, 0.717) is 6.61 Å². The third-order valence-corrected chi connectivity index (χ3v) is 2.95. The number of halogens is 1. The summed E-state index contributed by atoms with van der Waals surface area (Å²) in [6.07, 6.45) is 0.967. The fraction of sp³-hybridized carbons (Fsp3) is 0.200. The van der Waals surface area contributed by atoms with Gasteiger partial charge in [0.15, 0.2) is 0 Å². The Balaban J connectivity index is 2.03. The zero-order chi connectivity index (χ0) is 14.5. The Morgan fingerprint density at radius 2 is 1.80 bits per heavy atom. The summed E-state index contributed by atoms with van der Waals surface area (Å²) in [6.45, 7) is 2.37. The summed E-state index contributed by atoms with van der Waals surface area (Å²) >= 11 is 0. The number of ether oxygens (including phenoxy) is 1. The molecule has 0 bridgehead atoms. The van der Waals surface area contributed by atoms with Gasteiger partial charge in [-0.25, -0.2) is 0 Å². The van der Waals surface area contributed by atoms with Crippen molar-refractivity contribution in [1.82, 2.24) is 0 Å². The molecule has 0 aromatic heterocycles. The topological polar surface area (TPSA) is 52.4 Å². The molecule has 0 saturated heterocycles. The second-order valence-electron chi connectivity index (χ2n) is 4.33. The molecule has 0 unspecified atom stereocenters. The molecule has 0 aliphatic heterocycles. The van der Waals surface area contributed by atoms with Gasteiger partial charge in [0.2, 0.25) is 5.82 Å². The van der Waals surface area contributed by atoms with Crippen LogP contribution in [-0.4, -0.2) is 4.92 Å². The van der Waals surface area contributed by atoms with E-state index in [1.807, 2.05) is 24.3 Å². The van der Waals surface area contributed by atoms with Crippen LogP contribution in [0.1, 0.15) is 18.1 Å². The summed E-state index contributed by atoms with van der Waals surface area (Å²) in [5.41, 5.74) is 1.64. The molecule has 4 nitrogen and oxygen atoms in total. The van der Waals surface area contributed by atoms with Crippen LogP contribution in [0.5, 0.6) is 5.75 Å². The Hall–Kier alpha value is -2.43. The molecule has 0 aliphatic rings. The largest absolute Gasteiger partial charge is 0.489 e. The Morgan fingerprint density at radius 3 is 2.35 bits per heavy atom. The second-order valence-corrected chi connectivity index (χ2v) is 4.33. The van der Waals surface area contributed by atoms with Crippen molar-refractivity contribution in [2.45, 2.75) is 20.0 Å². The quantitative estimate of drug-likeness (QED) is 0.614. The highest BCUT2D eigenvalue weighted by Gasteiger charge is 2.14. The number of aryl methyl sites for hydroxylation is 1. The van der Waals surface area contributed by atoms with Crippen molar-refractivity contribution < 1.29 is 14.1 Å². The lowest BCUT2D eigenvalue weighted by molar-refractivity contribution is -0.387. The lowest BCUT2D eigenvalue weighted by Gasteiger charge is -2.07. The van der Waals surface area contributed by atoms with E-state index in [1.54, 1.807) is 0 Å². The monoisotopic (exact) mass is 275 g/mol. The van der Waals surface area contributed by atoms with Gasteiger partial charge in [0.25, 0.3) is 0 Å². The molecule has 0 spiro atoms. The maximum Gasteiger partial charge on any atom is 0.305 e. The summed E-state index contributed by atoms with van der Waals surface area (Å²) < 4.78 is 18.8. The summed E-state index contributed by atoms with van der Waals surface area (Å²) in [4.78, 5) is 9.74. The van der Waals surface area contributed by atoms with Crippen LogP contribution in [0.3, 0.4) is 0 Å². The van der Waals surface area contributed by atoms with Gasteiger partial charge >= 0.3 is 5.69 Å². The van der Waals surface area contributed by atoms with Crippen molar-refractivity contribution in [1.29, 1.82) is 0 Å². The minimum Gasteiger partial charge on any atom is -0.489 e. The Labute approximate surface area is 116 Å². The van der Waals surface area contributed by atoms with Gasteiger partial charge in [-0.15, -0.1) is 0 Å². The van der Waals surface area contributed by atoms with Crippen LogP contribution in [0.15, 0.2) is 42.5 Å². The van der Waals surface area contributed by atoms with Crippen molar-refractivity contribution in [3.63, 3.8) is 0 Å². The Bertz CT molecular complexity index is 611. The van der Waals surface area contributed by atoms with Crippen LogP contribution in [0.4, 0.5) is 10.1 Å². The highest BCUT2D eigenvalue weighted by Crippen LogP contribution is 2.23. The van der Waals surface area contributed by atoms with Gasteiger partial charge in [-0.2, -0.15) is 4.39 Å². The fourth-order valence-electron chi connectivity index (χ4n) is 1.76. The molecule has 0 amide bonds. The molecule has 2 aromatic rings. The van der Waals surface area contributed by atoms with Gasteiger partial charge in [0, 0.05) is 12.1 Å². The van der Waals surface area contributed by atoms with Gasteiger partial charge in [0.05, 0.1) is 4.92 Å². The minimum absolute atomic E-state index is 0.271. The normalized spacial score (nSPS) is 10.3. The van der Waals surface area contributed by atoms with E-state index in [-0.39, 0.29) is 5.75 Å². The van der Waals surface area contributed by atoms with E-state index >= 15 is 0 Å². The third-order valence-electron chi connectivity index (χ3n) is 2.95. The van der Waals surface area contributed by atoms with E-state index in [0.717, 1.165) is 24.1 Å². The van der Waals surface area contributed by atoms with Gasteiger partial charge in [0.1, 0.15) is 12.4 Å². The summed E-state index contributed by atoms with van der Waals surface area (Å²) in [5.74, 6) is -0.624. The highest BCUT2D eigenvalue weighted by atomic mass is 19.1. The van der Waals surface area contributed by atoms with Crippen molar-refractivity contribution in [3.8, 4) is 5.75 Å². The first-order valence-corrected chi connectivity index (χ1v) is 6.24. The van der Waals surface area contributed by atoms with Gasteiger partial charge < -0.3 is 4.74 Å². The molecule has 0 radical (unpaired) electrons. The van der Waals surface area contributed by atoms with Crippen LogP contribution in [0, 0.1) is 15.9 Å². The number of rotatable bonds is 5. The van der Waals surface area contributed by atoms with Crippen LogP contribution in [0.2, 0.25) is 0 Å². The Morgan fingerprint density at radius 1 is 1.15 bits per heavy atom. The van der Waals surface area contributed by atoms with E-state index in [1.165, 1.54) is 11.6 Å². The first-order valence-electron chi connectivity index (χ1n) is 6.24. The molecule has 0 heterocycles. The van der Waals surface area contributed by atoms with Crippen LogP contribution in [0.25, 0.3) is 0 Å². The standard InChI is InChI=1S/C15H14FNO3/c1-2-11-3-5-12(6-4-11)10-20-13-7-8-15(17(18)19)14(16)9-13/h3-9H,2,10H2,1H3. The highest BCUT2D eigenvalue weighted by molar-refractivity contribution is 5.38. The van der Waals surface area contributed by atoms with E-state index in [9.17, 15) is 14.5 Å². The number of hydrogen-bond acceptors (Lipinski definition) is 3. The number of nitro groups is 1. The summed E-state index contributed by atoms with van der Waals surface area (Å²) in [6, 6.07) is 11.4. The number of hydrogen-bond donors (Lipinski definition) is 0. The van der Waals surface area contributed by atoms with E-state index in [4.69, 9.17) is 4.74 Å². The van der Waals surface area contributed by atoms with Crippen LogP contribution < -0.4 is 4.74 Å². The zero-order valence-corrected chi connectivity index (χ0v) is 11.0. The predicted octanol–water partition coefficient (Wildman–Crippen LogP) is 3.88. The van der Waals surface area contributed by atoms with Crippen molar-refractivity contribution in [2.75, 3.05) is 0 Å². The molecule has 20 heavy (non-hydrogen) atoms. The lowest BCUT2D eigenvalue weighted by atomic mass is 10.1. The molecule has 0 N–H and O–H groups in total. The molecule has 2 rings (SSSR count). The van der Waals surface area contributed by atoms with Crippen molar-refractivity contribution in [2.24, 2.45) is 0 Å². The molecular formula is C15H14FNO3. The third kappa shape index (κ3) is 3.32. The lowest BCUT2D eigenvalue weighted by Crippen LogP contribution is -1.98. The molecular weight excluding hydrogens is 261 g/mol. The van der Waals surface area contributed by atoms with Gasteiger partial charge in [-0.3, -0.25) is 10.1 Å². The molecule has 0 atom stereocenters. The minimum atomic E-state index is -0.895. The van der Waals surface area contributed by atoms with Crippen LogP contribution >= 0.6 is 0 Å². The first kappa shape index (κ1) is 14.0. The summed E-state index contributed by atoms with van der Waals surface area (Å²) in [7, 11) is 0. The predicted molar refractivity (Wildman–Crippen MR) is 73.2 cm³/mol. The first-order chi connectivity index (χ1) is 9.60. The van der Waals surface area contributed by atoms with Gasteiger partial charge in [-0.1, -0.05) is 31.2 Å². The molecule has 0 saturated carbocycles. The number of benzene rings is 2. The molecule has 0 fully saturated rings. The Kier molecular flexibility index (Phi) is 4.30. The van der Waals surface area contributed by atoms with Crippen molar-refractivity contribution in [3.05, 3.63) is 69.5 Å². The smallest absolute Gasteiger partial charge is 0.305 e. The average molecular weight is 275 g/mol. The maximum absolute atomic E-state index is 13.4. The van der Waals surface area contributed by atoms with E-state index < -0.39 is 16.4 Å². The molecule has 5 heteroatoms. The zero-order valence-electron chi connectivity index (χ0n) is 11.0. The average Bonchev–Trinajstić information content (AvgIpc) is 2.45. The number of nitrogens with zero attached hydrogens (tertiary/aromatic N) is 1. The SMILES string of the molecule is CCc1ccc(COc2ccc([N+](=O)[O-])c(F)c2)cc1. The van der Waals surface area contributed by atoms with Gasteiger partial charge in [-0.05, 0) is 23.6 Å². The molecule has 0 aliphatic carbocycles. The molecule has 104 valence electrons.